The largest absolute Gasteiger partial charge is 0.457 e. The summed E-state index contributed by atoms with van der Waals surface area (Å²) in [7, 11) is 0. The maximum absolute atomic E-state index is 12.6. The maximum Gasteiger partial charge on any atom is 0.303 e. The zero-order chi connectivity index (χ0) is 22.9. The summed E-state index contributed by atoms with van der Waals surface area (Å²) in [5.41, 5.74) is 0.997. The van der Waals surface area contributed by atoms with Crippen LogP contribution in [0.4, 0.5) is 5.82 Å². The summed E-state index contributed by atoms with van der Waals surface area (Å²) >= 11 is 0. The summed E-state index contributed by atoms with van der Waals surface area (Å²) < 4.78 is 14.0. The summed E-state index contributed by atoms with van der Waals surface area (Å²) in [5, 5.41) is 2.80. The van der Waals surface area contributed by atoms with Crippen LogP contribution in [0.25, 0.3) is 11.2 Å². The third-order valence-corrected chi connectivity index (χ3v) is 6.36. The number of carbonyl (C=O) groups excluding carboxylic acids is 2. The molecular formula is C23H27N5O4. The van der Waals surface area contributed by atoms with Gasteiger partial charge in [-0.2, -0.15) is 0 Å². The molecule has 0 bridgehead atoms. The van der Waals surface area contributed by atoms with Gasteiger partial charge in [0.2, 0.25) is 0 Å². The molecule has 1 saturated heterocycles. The smallest absolute Gasteiger partial charge is 0.303 e. The Hall–Kier alpha value is -3.33. The quantitative estimate of drug-likeness (QED) is 0.585. The molecule has 1 fully saturated rings. The molecule has 0 aliphatic carbocycles. The van der Waals surface area contributed by atoms with Crippen molar-refractivity contribution in [3.05, 3.63) is 48.5 Å². The van der Waals surface area contributed by atoms with Crippen LogP contribution in [0.2, 0.25) is 0 Å². The van der Waals surface area contributed by atoms with E-state index in [1.54, 1.807) is 35.2 Å². The monoisotopic (exact) mass is 437 g/mol. The first-order chi connectivity index (χ1) is 15.4. The standard InChI is InChI=1S/C23H27N5O4/c1-5-23(6-2)14(3)18(31-15(4)29)22(32-23)28-13-26-17-19(24-12-25-20(17)28)27-21(30)16-10-8-7-9-11-16/h7-14,18,22H,5-6H2,1-4H3,(H,24,25,27,30)/t14-,18+,22+/m0/s1. The lowest BCUT2D eigenvalue weighted by atomic mass is 9.83. The number of hydrogen-bond donors (Lipinski definition) is 1. The van der Waals surface area contributed by atoms with E-state index >= 15 is 0 Å². The zero-order valence-electron chi connectivity index (χ0n) is 18.6. The van der Waals surface area contributed by atoms with Crippen LogP contribution >= 0.6 is 0 Å². The van der Waals surface area contributed by atoms with Crippen LogP contribution < -0.4 is 5.32 Å². The van der Waals surface area contributed by atoms with Crippen molar-refractivity contribution in [2.45, 2.75) is 58.5 Å². The van der Waals surface area contributed by atoms with E-state index in [0.717, 1.165) is 12.8 Å². The highest BCUT2D eigenvalue weighted by Gasteiger charge is 2.53. The fraction of sp³-hybridized carbons (Fsp3) is 0.435. The Labute approximate surface area is 186 Å². The molecule has 3 heterocycles. The first kappa shape index (κ1) is 21.9. The molecule has 3 aromatic rings. The van der Waals surface area contributed by atoms with Crippen LogP contribution in [0.3, 0.4) is 0 Å². The van der Waals surface area contributed by atoms with Gasteiger partial charge in [-0.05, 0) is 25.0 Å². The lowest BCUT2D eigenvalue weighted by Gasteiger charge is -2.30. The third-order valence-electron chi connectivity index (χ3n) is 6.36. The van der Waals surface area contributed by atoms with Crippen LogP contribution in [0.5, 0.6) is 0 Å². The van der Waals surface area contributed by atoms with E-state index in [1.807, 2.05) is 13.0 Å². The molecule has 4 rings (SSSR count). The van der Waals surface area contributed by atoms with Crippen molar-refractivity contribution in [1.29, 1.82) is 0 Å². The number of benzene rings is 1. The molecule has 0 radical (unpaired) electrons. The van der Waals surface area contributed by atoms with Crippen LogP contribution in [-0.4, -0.2) is 43.1 Å². The zero-order valence-corrected chi connectivity index (χ0v) is 18.6. The van der Waals surface area contributed by atoms with E-state index in [9.17, 15) is 9.59 Å². The van der Waals surface area contributed by atoms with Crippen molar-refractivity contribution in [1.82, 2.24) is 19.5 Å². The summed E-state index contributed by atoms with van der Waals surface area (Å²) in [6, 6.07) is 8.87. The number of ether oxygens (including phenoxy) is 2. The van der Waals surface area contributed by atoms with Crippen LogP contribution in [-0.2, 0) is 14.3 Å². The molecule has 0 spiro atoms. The van der Waals surface area contributed by atoms with Gasteiger partial charge >= 0.3 is 5.97 Å². The molecule has 9 nitrogen and oxygen atoms in total. The predicted octanol–water partition coefficient (Wildman–Crippen LogP) is 3.73. The fourth-order valence-corrected chi connectivity index (χ4v) is 4.49. The second-order valence-corrected chi connectivity index (χ2v) is 8.01. The van der Waals surface area contributed by atoms with Crippen LogP contribution in [0.15, 0.2) is 43.0 Å². The molecule has 3 atom stereocenters. The highest BCUT2D eigenvalue weighted by Crippen LogP contribution is 2.47. The summed E-state index contributed by atoms with van der Waals surface area (Å²) in [6.07, 6.45) is 3.42. The van der Waals surface area contributed by atoms with Gasteiger partial charge in [-0.25, -0.2) is 15.0 Å². The van der Waals surface area contributed by atoms with Crippen LogP contribution in [0, 0.1) is 5.92 Å². The molecular weight excluding hydrogens is 410 g/mol. The van der Waals surface area contributed by atoms with Crippen molar-refractivity contribution in [3.63, 3.8) is 0 Å². The van der Waals surface area contributed by atoms with Gasteiger partial charge in [0.05, 0.1) is 11.9 Å². The number of imidazole rings is 1. The normalized spacial score (nSPS) is 22.1. The highest BCUT2D eigenvalue weighted by atomic mass is 16.6. The van der Waals surface area contributed by atoms with Gasteiger partial charge in [-0.3, -0.25) is 14.2 Å². The summed E-state index contributed by atoms with van der Waals surface area (Å²) in [4.78, 5) is 37.5. The Morgan fingerprint density at radius 1 is 1.16 bits per heavy atom. The van der Waals surface area contributed by atoms with Gasteiger partial charge < -0.3 is 14.8 Å². The van der Waals surface area contributed by atoms with E-state index in [0.29, 0.717) is 22.5 Å². The molecule has 2 aromatic heterocycles. The fourth-order valence-electron chi connectivity index (χ4n) is 4.49. The van der Waals surface area contributed by atoms with E-state index in [2.05, 4.69) is 34.1 Å². The Balaban J connectivity index is 1.71. The van der Waals surface area contributed by atoms with Gasteiger partial charge in [-0.1, -0.05) is 39.0 Å². The Morgan fingerprint density at radius 3 is 2.53 bits per heavy atom. The molecule has 1 aliphatic rings. The van der Waals surface area contributed by atoms with Crippen LogP contribution in [0.1, 0.15) is 57.1 Å². The van der Waals surface area contributed by atoms with Gasteiger partial charge in [0.15, 0.2) is 29.3 Å². The number of amides is 1. The molecule has 168 valence electrons. The number of fused-ring (bicyclic) bond motifs is 1. The highest BCUT2D eigenvalue weighted by molar-refractivity contribution is 6.06. The number of anilines is 1. The molecule has 0 saturated carbocycles. The average molecular weight is 438 g/mol. The Morgan fingerprint density at radius 2 is 1.88 bits per heavy atom. The van der Waals surface area contributed by atoms with E-state index < -0.39 is 17.9 Å². The molecule has 9 heteroatoms. The molecule has 1 aromatic carbocycles. The minimum Gasteiger partial charge on any atom is -0.457 e. The number of esters is 1. The molecule has 1 aliphatic heterocycles. The minimum atomic E-state index is -0.591. The molecule has 32 heavy (non-hydrogen) atoms. The lowest BCUT2D eigenvalue weighted by molar-refractivity contribution is -0.154. The predicted molar refractivity (Wildman–Crippen MR) is 118 cm³/mol. The van der Waals surface area contributed by atoms with Gasteiger partial charge in [0.25, 0.3) is 5.91 Å². The number of nitrogens with zero attached hydrogens (tertiary/aromatic N) is 4. The van der Waals surface area contributed by atoms with Crippen molar-refractivity contribution in [2.75, 3.05) is 5.32 Å². The molecule has 1 amide bonds. The molecule has 1 N–H and O–H groups in total. The Kier molecular flexibility index (Phi) is 5.92. The van der Waals surface area contributed by atoms with E-state index in [4.69, 9.17) is 9.47 Å². The first-order valence-electron chi connectivity index (χ1n) is 10.8. The van der Waals surface area contributed by atoms with Crippen molar-refractivity contribution in [2.24, 2.45) is 5.92 Å². The maximum atomic E-state index is 12.6. The number of aromatic nitrogens is 4. The average Bonchev–Trinajstić information content (AvgIpc) is 3.34. The second-order valence-electron chi connectivity index (χ2n) is 8.01. The topological polar surface area (TPSA) is 108 Å². The number of nitrogens with one attached hydrogen (secondary N) is 1. The van der Waals surface area contributed by atoms with Gasteiger partial charge in [0, 0.05) is 18.4 Å². The van der Waals surface area contributed by atoms with E-state index in [1.165, 1.54) is 13.3 Å². The number of hydrogen-bond acceptors (Lipinski definition) is 7. The second kappa shape index (κ2) is 8.66. The Bertz CT molecular complexity index is 1130. The lowest BCUT2D eigenvalue weighted by Crippen LogP contribution is -2.36. The number of rotatable bonds is 6. The van der Waals surface area contributed by atoms with Crippen molar-refractivity contribution in [3.8, 4) is 0 Å². The summed E-state index contributed by atoms with van der Waals surface area (Å²) in [6.45, 7) is 7.57. The van der Waals surface area contributed by atoms with Gasteiger partial charge in [0.1, 0.15) is 6.33 Å². The van der Waals surface area contributed by atoms with E-state index in [-0.39, 0.29) is 17.8 Å². The number of carbonyl (C=O) groups is 2. The van der Waals surface area contributed by atoms with Gasteiger partial charge in [-0.15, -0.1) is 0 Å². The minimum absolute atomic E-state index is 0.0251. The third kappa shape index (κ3) is 3.73. The van der Waals surface area contributed by atoms with Crippen molar-refractivity contribution < 1.29 is 19.1 Å². The molecule has 0 unspecified atom stereocenters. The summed E-state index contributed by atoms with van der Waals surface area (Å²) in [5.74, 6) is -0.383. The SMILES string of the molecule is CCC1(CC)O[C@@H](n2cnc3c(NC(=O)c4ccccc4)ncnc32)[C@H](OC(C)=O)[C@@H]1C. The first-order valence-corrected chi connectivity index (χ1v) is 10.8. The van der Waals surface area contributed by atoms with Crippen molar-refractivity contribution >= 4 is 28.9 Å².